The van der Waals surface area contributed by atoms with Gasteiger partial charge >= 0.3 is 0 Å². The monoisotopic (exact) mass is 264 g/mol. The van der Waals surface area contributed by atoms with Crippen LogP contribution in [0.2, 0.25) is 0 Å². The molecule has 108 valence electrons. The Morgan fingerprint density at radius 3 is 2.42 bits per heavy atom. The third-order valence-corrected chi connectivity index (χ3v) is 4.06. The fourth-order valence-corrected chi connectivity index (χ4v) is 2.27. The van der Waals surface area contributed by atoms with Crippen molar-refractivity contribution in [2.24, 2.45) is 11.1 Å². The fourth-order valence-electron chi connectivity index (χ4n) is 2.27. The Morgan fingerprint density at radius 1 is 1.32 bits per heavy atom. The van der Waals surface area contributed by atoms with Crippen LogP contribution in [0.15, 0.2) is 24.3 Å². The maximum atomic E-state index is 6.00. The maximum Gasteiger partial charge on any atom is 0.119 e. The Kier molecular flexibility index (Phi) is 5.39. The maximum absolute atomic E-state index is 6.00. The topological polar surface area (TPSA) is 38.5 Å². The third kappa shape index (κ3) is 3.95. The van der Waals surface area contributed by atoms with E-state index in [2.05, 4.69) is 51.8 Å². The molecule has 0 bridgehead atoms. The van der Waals surface area contributed by atoms with Gasteiger partial charge in [-0.1, -0.05) is 32.9 Å². The number of rotatable bonds is 5. The number of hydrogen-bond acceptors (Lipinski definition) is 3. The Labute approximate surface area is 117 Å². The summed E-state index contributed by atoms with van der Waals surface area (Å²) < 4.78 is 5.30. The second-order valence-corrected chi connectivity index (χ2v) is 6.24. The van der Waals surface area contributed by atoms with Gasteiger partial charge in [-0.05, 0) is 37.1 Å². The largest absolute Gasteiger partial charge is 0.497 e. The lowest BCUT2D eigenvalue weighted by Crippen LogP contribution is -2.43. The van der Waals surface area contributed by atoms with Crippen LogP contribution in [0.5, 0.6) is 5.75 Å². The first kappa shape index (κ1) is 16.0. The number of ether oxygens (including phenoxy) is 1. The molecule has 1 aromatic carbocycles. The van der Waals surface area contributed by atoms with E-state index in [0.717, 1.165) is 5.75 Å². The van der Waals surface area contributed by atoms with Crippen molar-refractivity contribution in [2.75, 3.05) is 20.7 Å². The van der Waals surface area contributed by atoms with Crippen LogP contribution in [0, 0.1) is 5.41 Å². The molecule has 0 saturated heterocycles. The number of methoxy groups -OCH3 is 1. The molecule has 0 aliphatic heterocycles. The summed E-state index contributed by atoms with van der Waals surface area (Å²) in [4.78, 5) is 2.36. The van der Waals surface area contributed by atoms with Crippen LogP contribution in [0.4, 0.5) is 0 Å². The SMILES string of the molecule is COc1cccc(C(CN)N(C)C(C)C(C)(C)C)c1. The van der Waals surface area contributed by atoms with E-state index in [9.17, 15) is 0 Å². The van der Waals surface area contributed by atoms with Crippen LogP contribution in [0.1, 0.15) is 39.3 Å². The van der Waals surface area contributed by atoms with Gasteiger partial charge in [-0.3, -0.25) is 4.90 Å². The minimum atomic E-state index is 0.212. The third-order valence-electron chi connectivity index (χ3n) is 4.06. The molecule has 3 heteroatoms. The molecule has 0 spiro atoms. The molecule has 0 amide bonds. The molecule has 0 aliphatic rings. The zero-order valence-electron chi connectivity index (χ0n) is 13.1. The Bertz CT molecular complexity index is 398. The summed E-state index contributed by atoms with van der Waals surface area (Å²) in [6.07, 6.45) is 0. The number of likely N-dealkylation sites (N-methyl/N-ethyl adjacent to an activating group) is 1. The average Bonchev–Trinajstić information content (AvgIpc) is 2.37. The molecule has 19 heavy (non-hydrogen) atoms. The zero-order chi connectivity index (χ0) is 14.6. The van der Waals surface area contributed by atoms with Crippen molar-refractivity contribution < 1.29 is 4.74 Å². The van der Waals surface area contributed by atoms with E-state index in [4.69, 9.17) is 10.5 Å². The molecule has 2 unspecified atom stereocenters. The molecule has 3 nitrogen and oxygen atoms in total. The normalized spacial score (nSPS) is 15.4. The molecule has 0 heterocycles. The van der Waals surface area contributed by atoms with E-state index in [-0.39, 0.29) is 11.5 Å². The second kappa shape index (κ2) is 6.40. The van der Waals surface area contributed by atoms with Gasteiger partial charge in [0.05, 0.1) is 7.11 Å². The Balaban J connectivity index is 2.99. The molecule has 0 saturated carbocycles. The van der Waals surface area contributed by atoms with Crippen molar-refractivity contribution in [3.63, 3.8) is 0 Å². The molecule has 2 atom stereocenters. The van der Waals surface area contributed by atoms with Crippen molar-refractivity contribution in [2.45, 2.75) is 39.8 Å². The second-order valence-electron chi connectivity index (χ2n) is 6.24. The van der Waals surface area contributed by atoms with Gasteiger partial charge in [0.15, 0.2) is 0 Å². The first-order valence-electron chi connectivity index (χ1n) is 6.87. The van der Waals surface area contributed by atoms with Crippen molar-refractivity contribution in [3.8, 4) is 5.75 Å². The summed E-state index contributed by atoms with van der Waals surface area (Å²) in [7, 11) is 3.84. The van der Waals surface area contributed by atoms with Crippen molar-refractivity contribution in [1.82, 2.24) is 4.90 Å². The minimum Gasteiger partial charge on any atom is -0.497 e. The summed E-state index contributed by atoms with van der Waals surface area (Å²) in [5.41, 5.74) is 7.43. The van der Waals surface area contributed by atoms with E-state index >= 15 is 0 Å². The molecule has 1 rings (SSSR count). The average molecular weight is 264 g/mol. The summed E-state index contributed by atoms with van der Waals surface area (Å²) in [5.74, 6) is 0.882. The summed E-state index contributed by atoms with van der Waals surface area (Å²) in [6, 6.07) is 8.82. The van der Waals surface area contributed by atoms with Crippen molar-refractivity contribution in [3.05, 3.63) is 29.8 Å². The molecule has 0 aromatic heterocycles. The standard InChI is InChI=1S/C16H28N2O/c1-12(16(2,3)4)18(5)15(11-17)13-8-7-9-14(10-13)19-6/h7-10,12,15H,11,17H2,1-6H3. The van der Waals surface area contributed by atoms with Crippen LogP contribution in [0.25, 0.3) is 0 Å². The minimum absolute atomic E-state index is 0.212. The lowest BCUT2D eigenvalue weighted by atomic mass is 9.86. The lowest BCUT2D eigenvalue weighted by Gasteiger charge is -2.40. The predicted octanol–water partition coefficient (Wildman–Crippen LogP) is 3.06. The van der Waals surface area contributed by atoms with E-state index in [0.29, 0.717) is 12.6 Å². The first-order valence-corrected chi connectivity index (χ1v) is 6.87. The molecular formula is C16H28N2O. The highest BCUT2D eigenvalue weighted by Gasteiger charge is 2.28. The highest BCUT2D eigenvalue weighted by atomic mass is 16.5. The van der Waals surface area contributed by atoms with Gasteiger partial charge in [-0.2, -0.15) is 0 Å². The highest BCUT2D eigenvalue weighted by Crippen LogP contribution is 2.30. The van der Waals surface area contributed by atoms with Crippen LogP contribution in [-0.4, -0.2) is 31.6 Å². The zero-order valence-corrected chi connectivity index (χ0v) is 13.1. The van der Waals surface area contributed by atoms with E-state index in [1.54, 1.807) is 7.11 Å². The Morgan fingerprint density at radius 2 is 1.95 bits per heavy atom. The van der Waals surface area contributed by atoms with E-state index in [1.165, 1.54) is 5.56 Å². The molecule has 2 N–H and O–H groups in total. The van der Waals surface area contributed by atoms with Crippen LogP contribution < -0.4 is 10.5 Å². The van der Waals surface area contributed by atoms with Crippen LogP contribution >= 0.6 is 0 Å². The van der Waals surface area contributed by atoms with Gasteiger partial charge in [-0.25, -0.2) is 0 Å². The number of hydrogen-bond donors (Lipinski definition) is 1. The van der Waals surface area contributed by atoms with E-state index < -0.39 is 0 Å². The van der Waals surface area contributed by atoms with Crippen LogP contribution in [0.3, 0.4) is 0 Å². The molecular weight excluding hydrogens is 236 g/mol. The number of benzene rings is 1. The molecule has 0 radical (unpaired) electrons. The van der Waals surface area contributed by atoms with Gasteiger partial charge < -0.3 is 10.5 Å². The van der Waals surface area contributed by atoms with Crippen LogP contribution in [-0.2, 0) is 0 Å². The quantitative estimate of drug-likeness (QED) is 0.888. The van der Waals surface area contributed by atoms with Gasteiger partial charge in [0, 0.05) is 18.6 Å². The van der Waals surface area contributed by atoms with E-state index in [1.807, 2.05) is 12.1 Å². The van der Waals surface area contributed by atoms with Gasteiger partial charge in [-0.15, -0.1) is 0 Å². The number of nitrogens with zero attached hydrogens (tertiary/aromatic N) is 1. The summed E-state index contributed by atoms with van der Waals surface area (Å²) in [5, 5.41) is 0. The fraction of sp³-hybridized carbons (Fsp3) is 0.625. The lowest BCUT2D eigenvalue weighted by molar-refractivity contribution is 0.100. The van der Waals surface area contributed by atoms with Gasteiger partial charge in [0.2, 0.25) is 0 Å². The summed E-state index contributed by atoms with van der Waals surface area (Å²) >= 11 is 0. The van der Waals surface area contributed by atoms with Crippen molar-refractivity contribution in [1.29, 1.82) is 0 Å². The predicted molar refractivity (Wildman–Crippen MR) is 81.5 cm³/mol. The Hall–Kier alpha value is -1.06. The highest BCUT2D eigenvalue weighted by molar-refractivity contribution is 5.30. The number of nitrogens with two attached hydrogens (primary N) is 1. The molecule has 0 fully saturated rings. The smallest absolute Gasteiger partial charge is 0.119 e. The van der Waals surface area contributed by atoms with Crippen molar-refractivity contribution >= 4 is 0 Å². The van der Waals surface area contributed by atoms with Gasteiger partial charge in [0.1, 0.15) is 5.75 Å². The van der Waals surface area contributed by atoms with Gasteiger partial charge in [0.25, 0.3) is 0 Å². The molecule has 0 aliphatic carbocycles. The summed E-state index contributed by atoms with van der Waals surface area (Å²) in [6.45, 7) is 9.63. The molecule has 1 aromatic rings. The first-order chi connectivity index (χ1) is 8.81.